The average Bonchev–Trinajstić information content (AvgIpc) is 3.31. The highest BCUT2D eigenvalue weighted by atomic mass is 32.1. The van der Waals surface area contributed by atoms with Crippen LogP contribution in [0.2, 0.25) is 0 Å². The van der Waals surface area contributed by atoms with Gasteiger partial charge in [0, 0.05) is 30.5 Å². The van der Waals surface area contributed by atoms with Crippen LogP contribution in [0, 0.1) is 0 Å². The number of amides is 1. The van der Waals surface area contributed by atoms with Crippen molar-refractivity contribution in [2.45, 2.75) is 75.5 Å². The molecule has 0 bridgehead atoms. The zero-order valence-electron chi connectivity index (χ0n) is 13.3. The van der Waals surface area contributed by atoms with Crippen molar-refractivity contribution in [1.29, 1.82) is 0 Å². The second-order valence-electron chi connectivity index (χ2n) is 6.87. The SMILES string of the molecule is O=C1CC[C@H](Nc2nc(C3CCCC3)ns2)[C@H]([C@@H]2CCCO2)N1. The van der Waals surface area contributed by atoms with Crippen molar-refractivity contribution in [3.63, 3.8) is 0 Å². The number of piperidine rings is 1. The van der Waals surface area contributed by atoms with Crippen molar-refractivity contribution in [2.24, 2.45) is 0 Å². The minimum Gasteiger partial charge on any atom is -0.376 e. The fraction of sp³-hybridized carbons (Fsp3) is 0.812. The molecule has 3 heterocycles. The average molecular weight is 336 g/mol. The molecular weight excluding hydrogens is 312 g/mol. The molecule has 3 fully saturated rings. The quantitative estimate of drug-likeness (QED) is 0.883. The van der Waals surface area contributed by atoms with Gasteiger partial charge in [0.1, 0.15) is 5.82 Å². The molecule has 3 atom stereocenters. The number of carbonyl (C=O) groups is 1. The summed E-state index contributed by atoms with van der Waals surface area (Å²) in [5, 5.41) is 7.53. The van der Waals surface area contributed by atoms with Crippen LogP contribution in [0.25, 0.3) is 0 Å². The van der Waals surface area contributed by atoms with Gasteiger partial charge in [0.05, 0.1) is 18.2 Å². The van der Waals surface area contributed by atoms with Crippen LogP contribution in [0.5, 0.6) is 0 Å². The molecule has 1 aromatic rings. The minimum absolute atomic E-state index is 0.0394. The Morgan fingerprint density at radius 2 is 2.04 bits per heavy atom. The molecule has 4 rings (SSSR count). The van der Waals surface area contributed by atoms with Crippen molar-refractivity contribution in [1.82, 2.24) is 14.7 Å². The lowest BCUT2D eigenvalue weighted by Gasteiger charge is -2.35. The second kappa shape index (κ2) is 6.73. The van der Waals surface area contributed by atoms with Crippen LogP contribution in [0.3, 0.4) is 0 Å². The predicted molar refractivity (Wildman–Crippen MR) is 88.7 cm³/mol. The number of aromatic nitrogens is 2. The standard InChI is InChI=1S/C16H24N4O2S/c21-13-8-7-11(14(18-13)12-6-3-9-22-12)17-16-19-15(20-23-16)10-4-1-2-5-10/h10-12,14H,1-9H2,(H,18,21)(H,17,19,20)/t11-,12-,14+/m0/s1. The van der Waals surface area contributed by atoms with Crippen molar-refractivity contribution in [2.75, 3.05) is 11.9 Å². The molecule has 1 saturated carbocycles. The molecule has 3 aliphatic rings. The van der Waals surface area contributed by atoms with Gasteiger partial charge >= 0.3 is 0 Å². The van der Waals surface area contributed by atoms with Crippen molar-refractivity contribution in [3.8, 4) is 0 Å². The molecular formula is C16H24N4O2S. The maximum absolute atomic E-state index is 11.8. The Bertz CT molecular complexity index is 552. The molecule has 1 amide bonds. The molecule has 0 aromatic carbocycles. The summed E-state index contributed by atoms with van der Waals surface area (Å²) in [6, 6.07) is 0.220. The summed E-state index contributed by atoms with van der Waals surface area (Å²) in [7, 11) is 0. The number of hydrogen-bond acceptors (Lipinski definition) is 6. The highest BCUT2D eigenvalue weighted by molar-refractivity contribution is 7.09. The van der Waals surface area contributed by atoms with Gasteiger partial charge in [-0.2, -0.15) is 4.37 Å². The fourth-order valence-corrected chi connectivity index (χ4v) is 4.73. The Labute approximate surface area is 140 Å². The summed E-state index contributed by atoms with van der Waals surface area (Å²) in [5.74, 6) is 1.68. The number of hydrogen-bond donors (Lipinski definition) is 2. The molecule has 0 unspecified atom stereocenters. The van der Waals surface area contributed by atoms with E-state index in [9.17, 15) is 4.79 Å². The largest absolute Gasteiger partial charge is 0.376 e. The number of ether oxygens (including phenoxy) is 1. The Hall–Kier alpha value is -1.21. The normalized spacial score (nSPS) is 32.2. The van der Waals surface area contributed by atoms with Crippen LogP contribution >= 0.6 is 11.5 Å². The number of anilines is 1. The zero-order chi connectivity index (χ0) is 15.6. The van der Waals surface area contributed by atoms with Gasteiger partial charge in [-0.05, 0) is 32.1 Å². The first-order valence-corrected chi connectivity index (χ1v) is 9.58. The van der Waals surface area contributed by atoms with E-state index in [1.807, 2.05) is 0 Å². The van der Waals surface area contributed by atoms with Crippen LogP contribution in [0.1, 0.15) is 63.1 Å². The Morgan fingerprint density at radius 3 is 2.83 bits per heavy atom. The van der Waals surface area contributed by atoms with E-state index in [0.717, 1.165) is 36.8 Å². The van der Waals surface area contributed by atoms with Crippen LogP contribution in [0.4, 0.5) is 5.13 Å². The van der Waals surface area contributed by atoms with E-state index in [4.69, 9.17) is 9.72 Å². The van der Waals surface area contributed by atoms with Gasteiger partial charge in [0.2, 0.25) is 11.0 Å². The van der Waals surface area contributed by atoms with E-state index in [2.05, 4.69) is 15.0 Å². The summed E-state index contributed by atoms with van der Waals surface area (Å²) in [6.45, 7) is 0.800. The molecule has 0 radical (unpaired) electrons. The molecule has 0 spiro atoms. The van der Waals surface area contributed by atoms with Gasteiger partial charge in [-0.1, -0.05) is 12.8 Å². The van der Waals surface area contributed by atoms with Gasteiger partial charge in [-0.3, -0.25) is 4.79 Å². The molecule has 23 heavy (non-hydrogen) atoms. The molecule has 2 N–H and O–H groups in total. The van der Waals surface area contributed by atoms with E-state index in [-0.39, 0.29) is 24.1 Å². The Kier molecular flexibility index (Phi) is 4.48. The summed E-state index contributed by atoms with van der Waals surface area (Å²) < 4.78 is 10.4. The lowest BCUT2D eigenvalue weighted by Crippen LogP contribution is -2.56. The molecule has 2 aliphatic heterocycles. The van der Waals surface area contributed by atoms with Gasteiger partial charge in [0.15, 0.2) is 0 Å². The fourth-order valence-electron chi connectivity index (χ4n) is 4.03. The topological polar surface area (TPSA) is 76.1 Å². The Balaban J connectivity index is 1.44. The molecule has 2 saturated heterocycles. The number of nitrogens with one attached hydrogen (secondary N) is 2. The van der Waals surface area contributed by atoms with Crippen molar-refractivity contribution >= 4 is 22.6 Å². The first-order valence-electron chi connectivity index (χ1n) is 8.81. The van der Waals surface area contributed by atoms with Gasteiger partial charge in [-0.15, -0.1) is 0 Å². The van der Waals surface area contributed by atoms with Crippen molar-refractivity contribution in [3.05, 3.63) is 5.82 Å². The number of carbonyl (C=O) groups excluding carboxylic acids is 1. The Morgan fingerprint density at radius 1 is 1.17 bits per heavy atom. The lowest BCUT2D eigenvalue weighted by molar-refractivity contribution is -0.124. The van der Waals surface area contributed by atoms with Gasteiger partial charge < -0.3 is 15.4 Å². The van der Waals surface area contributed by atoms with E-state index < -0.39 is 0 Å². The monoisotopic (exact) mass is 336 g/mol. The first-order chi connectivity index (χ1) is 11.3. The second-order valence-corrected chi connectivity index (χ2v) is 7.63. The third-order valence-corrected chi connectivity index (χ3v) is 5.94. The minimum atomic E-state index is 0.0394. The van der Waals surface area contributed by atoms with Crippen LogP contribution in [-0.2, 0) is 9.53 Å². The smallest absolute Gasteiger partial charge is 0.220 e. The molecule has 1 aliphatic carbocycles. The highest BCUT2D eigenvalue weighted by Crippen LogP contribution is 2.34. The summed E-state index contributed by atoms with van der Waals surface area (Å²) in [4.78, 5) is 16.5. The lowest BCUT2D eigenvalue weighted by atomic mass is 9.92. The van der Waals surface area contributed by atoms with Crippen LogP contribution in [0.15, 0.2) is 0 Å². The maximum Gasteiger partial charge on any atom is 0.220 e. The number of nitrogens with zero attached hydrogens (tertiary/aromatic N) is 2. The van der Waals surface area contributed by atoms with E-state index in [1.54, 1.807) is 0 Å². The maximum atomic E-state index is 11.8. The third kappa shape index (κ3) is 3.35. The van der Waals surface area contributed by atoms with Crippen LogP contribution in [-0.4, -0.2) is 40.1 Å². The summed E-state index contributed by atoms with van der Waals surface area (Å²) in [6.07, 6.45) is 8.64. The molecule has 7 heteroatoms. The van der Waals surface area contributed by atoms with E-state index >= 15 is 0 Å². The first kappa shape index (κ1) is 15.3. The van der Waals surface area contributed by atoms with Crippen LogP contribution < -0.4 is 10.6 Å². The summed E-state index contributed by atoms with van der Waals surface area (Å²) in [5.41, 5.74) is 0. The highest BCUT2D eigenvalue weighted by Gasteiger charge is 2.37. The molecule has 126 valence electrons. The van der Waals surface area contributed by atoms with Crippen molar-refractivity contribution < 1.29 is 9.53 Å². The third-order valence-electron chi connectivity index (χ3n) is 5.28. The zero-order valence-corrected chi connectivity index (χ0v) is 14.1. The predicted octanol–water partition coefficient (Wildman–Crippen LogP) is 2.43. The summed E-state index contributed by atoms with van der Waals surface area (Å²) >= 11 is 1.45. The van der Waals surface area contributed by atoms with Gasteiger partial charge in [0.25, 0.3) is 0 Å². The van der Waals surface area contributed by atoms with E-state index in [0.29, 0.717) is 12.3 Å². The van der Waals surface area contributed by atoms with Gasteiger partial charge in [-0.25, -0.2) is 4.98 Å². The molecule has 6 nitrogen and oxygen atoms in total. The molecule has 1 aromatic heterocycles. The number of rotatable bonds is 4. The van der Waals surface area contributed by atoms with E-state index in [1.165, 1.54) is 37.2 Å².